The molecule has 0 aliphatic carbocycles. The van der Waals surface area contributed by atoms with Crippen LogP contribution in [0, 0.1) is 0 Å². The molecule has 0 radical (unpaired) electrons. The highest BCUT2D eigenvalue weighted by Crippen LogP contribution is 2.29. The van der Waals surface area contributed by atoms with Crippen LogP contribution >= 0.6 is 0 Å². The van der Waals surface area contributed by atoms with Gasteiger partial charge in [0, 0.05) is 6.04 Å². The molecule has 1 aromatic rings. The third-order valence-electron chi connectivity index (χ3n) is 2.50. The van der Waals surface area contributed by atoms with Crippen LogP contribution < -0.4 is 10.5 Å². The Balaban J connectivity index is 2.73. The number of rotatable bonds is 5. The molecule has 0 aliphatic heterocycles. The maximum Gasteiger partial charge on any atom is 0.160 e. The van der Waals surface area contributed by atoms with Gasteiger partial charge in [-0.25, -0.2) is 0 Å². The SMILES string of the molecule is CCCCC(N)c1ccc(OC)c(O)c1. The molecule has 84 valence electrons. The maximum absolute atomic E-state index is 9.59. The highest BCUT2D eigenvalue weighted by Gasteiger charge is 2.08. The Labute approximate surface area is 90.9 Å². The monoisotopic (exact) mass is 209 g/mol. The Bertz CT molecular complexity index is 312. The molecule has 0 saturated heterocycles. The summed E-state index contributed by atoms with van der Waals surface area (Å²) in [4.78, 5) is 0. The molecule has 1 rings (SSSR count). The van der Waals surface area contributed by atoms with Gasteiger partial charge in [0.25, 0.3) is 0 Å². The Morgan fingerprint density at radius 2 is 2.20 bits per heavy atom. The number of unbranched alkanes of at least 4 members (excludes halogenated alkanes) is 1. The molecule has 1 aromatic carbocycles. The van der Waals surface area contributed by atoms with Gasteiger partial charge in [-0.1, -0.05) is 25.8 Å². The molecule has 1 unspecified atom stereocenters. The van der Waals surface area contributed by atoms with E-state index >= 15 is 0 Å². The summed E-state index contributed by atoms with van der Waals surface area (Å²) in [6.45, 7) is 2.14. The van der Waals surface area contributed by atoms with E-state index in [1.807, 2.05) is 6.07 Å². The van der Waals surface area contributed by atoms with Crippen molar-refractivity contribution in [3.8, 4) is 11.5 Å². The van der Waals surface area contributed by atoms with Crippen LogP contribution in [-0.4, -0.2) is 12.2 Å². The maximum atomic E-state index is 9.59. The molecule has 0 fully saturated rings. The Kier molecular flexibility index (Phi) is 4.43. The van der Waals surface area contributed by atoms with E-state index in [1.54, 1.807) is 12.1 Å². The number of hydrogen-bond acceptors (Lipinski definition) is 3. The minimum atomic E-state index is 0.00163. The summed E-state index contributed by atoms with van der Waals surface area (Å²) in [7, 11) is 1.53. The molecule has 0 aromatic heterocycles. The topological polar surface area (TPSA) is 55.5 Å². The lowest BCUT2D eigenvalue weighted by Gasteiger charge is -2.12. The van der Waals surface area contributed by atoms with Gasteiger partial charge < -0.3 is 15.6 Å². The number of aromatic hydroxyl groups is 1. The number of benzene rings is 1. The van der Waals surface area contributed by atoms with Crippen molar-refractivity contribution in [2.75, 3.05) is 7.11 Å². The first-order valence-electron chi connectivity index (χ1n) is 5.31. The smallest absolute Gasteiger partial charge is 0.160 e. The number of ether oxygens (including phenoxy) is 1. The van der Waals surface area contributed by atoms with Crippen molar-refractivity contribution in [1.82, 2.24) is 0 Å². The van der Waals surface area contributed by atoms with Crippen molar-refractivity contribution >= 4 is 0 Å². The zero-order valence-corrected chi connectivity index (χ0v) is 9.36. The van der Waals surface area contributed by atoms with E-state index in [9.17, 15) is 5.11 Å². The summed E-state index contributed by atoms with van der Waals surface area (Å²) >= 11 is 0. The van der Waals surface area contributed by atoms with E-state index in [0.29, 0.717) is 5.75 Å². The van der Waals surface area contributed by atoms with Gasteiger partial charge in [-0.3, -0.25) is 0 Å². The van der Waals surface area contributed by atoms with Crippen LogP contribution in [0.3, 0.4) is 0 Å². The molecule has 3 N–H and O–H groups in total. The first-order valence-corrected chi connectivity index (χ1v) is 5.31. The fraction of sp³-hybridized carbons (Fsp3) is 0.500. The molecule has 0 bridgehead atoms. The van der Waals surface area contributed by atoms with E-state index in [0.717, 1.165) is 24.8 Å². The van der Waals surface area contributed by atoms with Gasteiger partial charge in [0.2, 0.25) is 0 Å². The molecule has 0 spiro atoms. The summed E-state index contributed by atoms with van der Waals surface area (Å²) in [6, 6.07) is 5.33. The molecular weight excluding hydrogens is 190 g/mol. The Morgan fingerprint density at radius 3 is 2.73 bits per heavy atom. The normalized spacial score (nSPS) is 12.5. The zero-order chi connectivity index (χ0) is 11.3. The number of hydrogen-bond donors (Lipinski definition) is 2. The third-order valence-corrected chi connectivity index (χ3v) is 2.50. The van der Waals surface area contributed by atoms with Crippen molar-refractivity contribution < 1.29 is 9.84 Å². The average molecular weight is 209 g/mol. The molecule has 3 heteroatoms. The third kappa shape index (κ3) is 3.13. The van der Waals surface area contributed by atoms with Gasteiger partial charge >= 0.3 is 0 Å². The summed E-state index contributed by atoms with van der Waals surface area (Å²) in [5.74, 6) is 0.642. The Morgan fingerprint density at radius 1 is 1.47 bits per heavy atom. The van der Waals surface area contributed by atoms with E-state index in [1.165, 1.54) is 7.11 Å². The minimum absolute atomic E-state index is 0.00163. The van der Waals surface area contributed by atoms with Crippen molar-refractivity contribution in [3.63, 3.8) is 0 Å². The second kappa shape index (κ2) is 5.61. The molecule has 0 amide bonds. The largest absolute Gasteiger partial charge is 0.504 e. The molecule has 0 saturated carbocycles. The molecule has 0 heterocycles. The lowest BCUT2D eigenvalue weighted by atomic mass is 10.0. The van der Waals surface area contributed by atoms with Gasteiger partial charge in [0.1, 0.15) is 0 Å². The van der Waals surface area contributed by atoms with E-state index < -0.39 is 0 Å². The molecular formula is C12H19NO2. The van der Waals surface area contributed by atoms with Crippen LogP contribution in [0.2, 0.25) is 0 Å². The lowest BCUT2D eigenvalue weighted by Crippen LogP contribution is -2.09. The first kappa shape index (κ1) is 11.9. The predicted molar refractivity (Wildman–Crippen MR) is 61.1 cm³/mol. The van der Waals surface area contributed by atoms with E-state index in [2.05, 4.69) is 6.92 Å². The predicted octanol–water partition coefficient (Wildman–Crippen LogP) is 2.59. The van der Waals surface area contributed by atoms with Crippen molar-refractivity contribution in [3.05, 3.63) is 23.8 Å². The number of phenolic OH excluding ortho intramolecular Hbond substituents is 1. The molecule has 1 atom stereocenters. The average Bonchev–Trinajstić information content (AvgIpc) is 2.25. The van der Waals surface area contributed by atoms with Crippen LogP contribution in [0.5, 0.6) is 11.5 Å². The number of nitrogens with two attached hydrogens (primary N) is 1. The summed E-state index contributed by atoms with van der Waals surface area (Å²) in [6.07, 6.45) is 3.19. The van der Waals surface area contributed by atoms with Crippen molar-refractivity contribution in [2.45, 2.75) is 32.2 Å². The second-order valence-electron chi connectivity index (χ2n) is 3.68. The van der Waals surface area contributed by atoms with Crippen LogP contribution in [0.25, 0.3) is 0 Å². The van der Waals surface area contributed by atoms with Crippen LogP contribution in [0.15, 0.2) is 18.2 Å². The highest BCUT2D eigenvalue weighted by molar-refractivity contribution is 5.42. The van der Waals surface area contributed by atoms with Crippen LogP contribution in [-0.2, 0) is 0 Å². The van der Waals surface area contributed by atoms with Gasteiger partial charge in [0.05, 0.1) is 7.11 Å². The van der Waals surface area contributed by atoms with Crippen LogP contribution in [0.1, 0.15) is 37.8 Å². The first-order chi connectivity index (χ1) is 7.19. The summed E-state index contributed by atoms with van der Waals surface area (Å²) in [5, 5.41) is 9.59. The Hall–Kier alpha value is -1.22. The molecule has 15 heavy (non-hydrogen) atoms. The van der Waals surface area contributed by atoms with Gasteiger partial charge in [0.15, 0.2) is 11.5 Å². The fourth-order valence-electron chi connectivity index (χ4n) is 1.53. The second-order valence-corrected chi connectivity index (χ2v) is 3.68. The van der Waals surface area contributed by atoms with Gasteiger partial charge in [-0.2, -0.15) is 0 Å². The standard InChI is InChI=1S/C12H19NO2/c1-3-4-5-10(13)9-6-7-12(15-2)11(14)8-9/h6-8,10,14H,3-5,13H2,1-2H3. The fourth-order valence-corrected chi connectivity index (χ4v) is 1.53. The minimum Gasteiger partial charge on any atom is -0.504 e. The van der Waals surface area contributed by atoms with E-state index in [4.69, 9.17) is 10.5 Å². The molecule has 0 aliphatic rings. The molecule has 3 nitrogen and oxygen atoms in total. The zero-order valence-electron chi connectivity index (χ0n) is 9.36. The van der Waals surface area contributed by atoms with Crippen molar-refractivity contribution in [2.24, 2.45) is 5.73 Å². The summed E-state index contributed by atoms with van der Waals surface area (Å²) < 4.78 is 4.97. The highest BCUT2D eigenvalue weighted by atomic mass is 16.5. The number of methoxy groups -OCH3 is 1. The number of phenols is 1. The van der Waals surface area contributed by atoms with Crippen molar-refractivity contribution in [1.29, 1.82) is 0 Å². The quantitative estimate of drug-likeness (QED) is 0.783. The lowest BCUT2D eigenvalue weighted by molar-refractivity contribution is 0.372. The summed E-state index contributed by atoms with van der Waals surface area (Å²) in [5.41, 5.74) is 6.95. The van der Waals surface area contributed by atoms with E-state index in [-0.39, 0.29) is 11.8 Å². The van der Waals surface area contributed by atoms with Gasteiger partial charge in [-0.05, 0) is 24.1 Å². The van der Waals surface area contributed by atoms with Crippen LogP contribution in [0.4, 0.5) is 0 Å². The van der Waals surface area contributed by atoms with Gasteiger partial charge in [-0.15, -0.1) is 0 Å².